The Balaban J connectivity index is 1.87. The number of phosphoric acid groups is 1. The number of rotatable bonds is 18. The highest BCUT2D eigenvalue weighted by Crippen LogP contribution is 2.49. The molecule has 1 saturated heterocycles. The number of carbonyl (C=O) groups is 3. The fourth-order valence-corrected chi connectivity index (χ4v) is 6.43. The van der Waals surface area contributed by atoms with Crippen LogP contribution in [0.1, 0.15) is 43.1 Å². The predicted molar refractivity (Wildman–Crippen MR) is 196 cm³/mol. The van der Waals surface area contributed by atoms with Gasteiger partial charge in [-0.2, -0.15) is 13.2 Å². The summed E-state index contributed by atoms with van der Waals surface area (Å²) in [5.41, 5.74) is 3.81. The van der Waals surface area contributed by atoms with Gasteiger partial charge in [0.25, 0.3) is 5.91 Å². The summed E-state index contributed by atoms with van der Waals surface area (Å²) in [6.45, 7) is 10.1. The van der Waals surface area contributed by atoms with Crippen molar-refractivity contribution in [3.63, 3.8) is 0 Å². The Labute approximate surface area is 320 Å². The van der Waals surface area contributed by atoms with E-state index in [0.717, 1.165) is 12.1 Å². The van der Waals surface area contributed by atoms with Crippen molar-refractivity contribution in [1.82, 2.24) is 9.80 Å². The number of hydrogen-bond donors (Lipinski definition) is 2. The standard InChI is InChI=1S/C35H44ClF5N5O8P/c1-6-18-51-55(50,52-19-7-2)53-22-28(31(42)47)46(33(49)54-34(3,4)5)21-23-8-10-25(30(38)29(23)37)32(48)43-26-11-9-24(36)20-27(26)45-16-14-44(15-17-45)13-12-35(39,40)41/h6-11,20,28H,1-2,12-19,21-22H2,3-5H3,(H2,42,47)(H,43,48). The molecule has 1 unspecified atom stereocenters. The van der Waals surface area contributed by atoms with E-state index in [4.69, 9.17) is 35.6 Å². The van der Waals surface area contributed by atoms with Gasteiger partial charge in [0.05, 0.1) is 49.7 Å². The molecule has 1 aliphatic heterocycles. The van der Waals surface area contributed by atoms with Crippen LogP contribution in [0.15, 0.2) is 55.6 Å². The van der Waals surface area contributed by atoms with E-state index < -0.39 is 85.9 Å². The molecule has 13 nitrogen and oxygen atoms in total. The highest BCUT2D eigenvalue weighted by Gasteiger charge is 2.37. The first kappa shape index (κ1) is 45.3. The number of benzene rings is 2. The van der Waals surface area contributed by atoms with E-state index in [0.29, 0.717) is 41.8 Å². The molecule has 20 heteroatoms. The minimum atomic E-state index is -4.39. The number of halogens is 6. The second-order valence-electron chi connectivity index (χ2n) is 13.1. The molecule has 3 N–H and O–H groups in total. The number of amides is 3. The summed E-state index contributed by atoms with van der Waals surface area (Å²) in [5, 5.41) is 2.83. The van der Waals surface area contributed by atoms with Gasteiger partial charge in [-0.15, -0.1) is 13.2 Å². The van der Waals surface area contributed by atoms with E-state index in [2.05, 4.69) is 18.5 Å². The maximum Gasteiger partial charge on any atom is 0.475 e. The third-order valence-electron chi connectivity index (χ3n) is 7.80. The number of primary amides is 1. The number of piperazine rings is 1. The predicted octanol–water partition coefficient (Wildman–Crippen LogP) is 7.07. The summed E-state index contributed by atoms with van der Waals surface area (Å²) in [4.78, 5) is 43.5. The number of nitrogens with two attached hydrogens (primary N) is 1. The van der Waals surface area contributed by atoms with Crippen LogP contribution in [0.2, 0.25) is 5.02 Å². The van der Waals surface area contributed by atoms with Crippen molar-refractivity contribution in [2.24, 2.45) is 5.73 Å². The quantitative estimate of drug-likeness (QED) is 0.0908. The van der Waals surface area contributed by atoms with Crippen LogP contribution < -0.4 is 16.0 Å². The molecule has 0 radical (unpaired) electrons. The lowest BCUT2D eigenvalue weighted by atomic mass is 10.1. The monoisotopic (exact) mass is 823 g/mol. The highest BCUT2D eigenvalue weighted by molar-refractivity contribution is 7.48. The zero-order valence-electron chi connectivity index (χ0n) is 30.5. The maximum atomic E-state index is 15.8. The second-order valence-corrected chi connectivity index (χ2v) is 15.3. The Morgan fingerprint density at radius 3 is 2.16 bits per heavy atom. The van der Waals surface area contributed by atoms with Crippen LogP contribution in [0.3, 0.4) is 0 Å². The first-order valence-electron chi connectivity index (χ1n) is 16.8. The molecule has 0 aromatic heterocycles. The lowest BCUT2D eigenvalue weighted by molar-refractivity contribution is -0.138. The molecule has 2 aromatic carbocycles. The zero-order valence-corrected chi connectivity index (χ0v) is 32.2. The van der Waals surface area contributed by atoms with Crippen molar-refractivity contribution >= 4 is 48.7 Å². The molecule has 304 valence electrons. The van der Waals surface area contributed by atoms with Gasteiger partial charge in [-0.05, 0) is 45.0 Å². The van der Waals surface area contributed by atoms with Crippen LogP contribution in [0, 0.1) is 11.6 Å². The number of ether oxygens (including phenoxy) is 1. The molecule has 0 aliphatic carbocycles. The molecule has 0 bridgehead atoms. The van der Waals surface area contributed by atoms with Crippen LogP contribution in [-0.4, -0.2) is 98.1 Å². The summed E-state index contributed by atoms with van der Waals surface area (Å²) in [6.07, 6.45) is -3.95. The number of carbonyl (C=O) groups excluding carboxylic acids is 3. The number of alkyl halides is 3. The molecule has 55 heavy (non-hydrogen) atoms. The molecule has 3 amide bonds. The minimum absolute atomic E-state index is 0.165. The van der Waals surface area contributed by atoms with Crippen molar-refractivity contribution in [3.05, 3.63) is 83.4 Å². The van der Waals surface area contributed by atoms with Crippen LogP contribution in [-0.2, 0) is 34.2 Å². The van der Waals surface area contributed by atoms with E-state index >= 15 is 8.78 Å². The summed E-state index contributed by atoms with van der Waals surface area (Å²) in [5.74, 6) is -5.41. The van der Waals surface area contributed by atoms with Crippen molar-refractivity contribution in [2.45, 2.75) is 51.6 Å². The average molecular weight is 824 g/mol. The van der Waals surface area contributed by atoms with Gasteiger partial charge in [0.15, 0.2) is 11.6 Å². The maximum absolute atomic E-state index is 15.8. The van der Waals surface area contributed by atoms with Gasteiger partial charge < -0.3 is 20.7 Å². The van der Waals surface area contributed by atoms with Gasteiger partial charge in [-0.3, -0.25) is 33.0 Å². The smallest absolute Gasteiger partial charge is 0.444 e. The van der Waals surface area contributed by atoms with Crippen LogP contribution in [0.4, 0.5) is 38.1 Å². The number of hydrogen-bond acceptors (Lipinski definition) is 10. The van der Waals surface area contributed by atoms with Gasteiger partial charge in [0.1, 0.15) is 11.6 Å². The average Bonchev–Trinajstić information content (AvgIpc) is 3.10. The van der Waals surface area contributed by atoms with E-state index in [-0.39, 0.29) is 25.4 Å². The second kappa shape index (κ2) is 19.7. The fraction of sp³-hybridized carbons (Fsp3) is 0.457. The van der Waals surface area contributed by atoms with Crippen molar-refractivity contribution < 1.29 is 59.2 Å². The largest absolute Gasteiger partial charge is 0.475 e. The molecule has 0 saturated carbocycles. The third kappa shape index (κ3) is 13.9. The van der Waals surface area contributed by atoms with Crippen LogP contribution in [0.25, 0.3) is 0 Å². The Bertz CT molecular complexity index is 1740. The summed E-state index contributed by atoms with van der Waals surface area (Å²) in [7, 11) is -4.39. The molecule has 2 aromatic rings. The first-order valence-corrected chi connectivity index (χ1v) is 18.7. The van der Waals surface area contributed by atoms with Crippen LogP contribution >= 0.6 is 19.4 Å². The first-order chi connectivity index (χ1) is 25.7. The normalized spacial score (nSPS) is 14.6. The molecule has 1 heterocycles. The number of nitrogens with one attached hydrogen (secondary N) is 1. The molecule has 0 spiro atoms. The highest BCUT2D eigenvalue weighted by atomic mass is 35.5. The van der Waals surface area contributed by atoms with Gasteiger partial charge in [0, 0.05) is 43.3 Å². The Hall–Kier alpha value is -4.06. The molecule has 3 rings (SSSR count). The fourth-order valence-electron chi connectivity index (χ4n) is 5.14. The molecule has 1 atom stereocenters. The van der Waals surface area contributed by atoms with Crippen molar-refractivity contribution in [1.29, 1.82) is 0 Å². The number of nitrogens with zero attached hydrogens (tertiary/aromatic N) is 3. The summed E-state index contributed by atoms with van der Waals surface area (Å²) < 4.78 is 104. The zero-order chi connectivity index (χ0) is 41.1. The topological polar surface area (TPSA) is 153 Å². The van der Waals surface area contributed by atoms with Crippen molar-refractivity contribution in [3.8, 4) is 0 Å². The molecular formula is C35H44ClF5N5O8P. The van der Waals surface area contributed by atoms with E-state index in [1.54, 1.807) is 9.80 Å². The van der Waals surface area contributed by atoms with Gasteiger partial charge in [0.2, 0.25) is 5.91 Å². The molecule has 1 aliphatic rings. The van der Waals surface area contributed by atoms with E-state index in [1.807, 2.05) is 0 Å². The Morgan fingerprint density at radius 2 is 1.62 bits per heavy atom. The Kier molecular flexibility index (Phi) is 16.2. The van der Waals surface area contributed by atoms with Gasteiger partial charge >= 0.3 is 20.1 Å². The lowest BCUT2D eigenvalue weighted by Gasteiger charge is -2.37. The lowest BCUT2D eigenvalue weighted by Crippen LogP contribution is -2.51. The third-order valence-corrected chi connectivity index (χ3v) is 9.44. The van der Waals surface area contributed by atoms with E-state index in [1.165, 1.54) is 51.1 Å². The van der Waals surface area contributed by atoms with Crippen molar-refractivity contribution in [2.75, 3.05) is 62.8 Å². The number of phosphoric ester groups is 1. The summed E-state index contributed by atoms with van der Waals surface area (Å²) in [6, 6.07) is 4.62. The SMILES string of the molecule is C=CCOP(=O)(OCC=C)OCC(C(N)=O)N(Cc1ccc(C(=O)Nc2ccc(Cl)cc2N2CCN(CCC(F)(F)F)CC2)c(F)c1F)C(=O)OC(C)(C)C. The molecular weight excluding hydrogens is 780 g/mol. The minimum Gasteiger partial charge on any atom is -0.444 e. The number of anilines is 2. The van der Waals surface area contributed by atoms with E-state index in [9.17, 15) is 32.1 Å². The van der Waals surface area contributed by atoms with Gasteiger partial charge in [-0.1, -0.05) is 29.8 Å². The molecule has 1 fully saturated rings. The van der Waals surface area contributed by atoms with Crippen LogP contribution in [0.5, 0.6) is 0 Å². The Morgan fingerprint density at radius 1 is 1.00 bits per heavy atom. The van der Waals surface area contributed by atoms with Gasteiger partial charge in [-0.25, -0.2) is 18.1 Å². The summed E-state index contributed by atoms with van der Waals surface area (Å²) >= 11 is 6.21.